The highest BCUT2D eigenvalue weighted by molar-refractivity contribution is 7.86. The third kappa shape index (κ3) is 4.64. The predicted molar refractivity (Wildman–Crippen MR) is 104 cm³/mol. The van der Waals surface area contributed by atoms with Gasteiger partial charge >= 0.3 is 0 Å². The van der Waals surface area contributed by atoms with E-state index in [0.717, 1.165) is 0 Å². The van der Waals surface area contributed by atoms with Gasteiger partial charge in [0, 0.05) is 51.5 Å². The second-order valence-corrected chi connectivity index (χ2v) is 8.58. The molecule has 2 aromatic rings. The standard InChI is InChI=1S/C18H22FN5O4S/c19-15-1-3-16(4-2-15)28-17-5-6-20-18(21-17)22-7-9-23(10-8-22)29(25,26)24-11-13-27-14-12-24/h1-6H,7-14H2. The molecule has 0 radical (unpaired) electrons. The molecule has 0 N–H and O–H groups in total. The SMILES string of the molecule is O=S(=O)(N1CCOCC1)N1CCN(c2nccc(Oc3ccc(F)cc3)n2)CC1. The Hall–Kier alpha value is -2.34. The Morgan fingerprint density at radius 3 is 2.28 bits per heavy atom. The van der Waals surface area contributed by atoms with Gasteiger partial charge in [0.2, 0.25) is 11.8 Å². The van der Waals surface area contributed by atoms with E-state index in [1.807, 2.05) is 4.90 Å². The molecular weight excluding hydrogens is 401 g/mol. The number of morpholine rings is 1. The van der Waals surface area contributed by atoms with Gasteiger partial charge in [-0.1, -0.05) is 0 Å². The zero-order valence-electron chi connectivity index (χ0n) is 15.8. The number of nitrogens with zero attached hydrogens (tertiary/aromatic N) is 5. The third-order valence-corrected chi connectivity index (χ3v) is 6.83. The first-order valence-corrected chi connectivity index (χ1v) is 10.8. The van der Waals surface area contributed by atoms with Crippen molar-refractivity contribution in [3.05, 3.63) is 42.3 Å². The van der Waals surface area contributed by atoms with Crippen LogP contribution in [-0.4, -0.2) is 79.5 Å². The molecule has 0 atom stereocenters. The van der Waals surface area contributed by atoms with Gasteiger partial charge in [-0.2, -0.15) is 22.0 Å². The van der Waals surface area contributed by atoms with Crippen LogP contribution in [0.3, 0.4) is 0 Å². The van der Waals surface area contributed by atoms with E-state index in [1.54, 1.807) is 12.3 Å². The average Bonchev–Trinajstić information content (AvgIpc) is 2.76. The molecule has 0 amide bonds. The van der Waals surface area contributed by atoms with Crippen LogP contribution in [0.15, 0.2) is 36.5 Å². The van der Waals surface area contributed by atoms with Gasteiger partial charge in [-0.3, -0.25) is 0 Å². The Labute approximate surface area is 168 Å². The minimum Gasteiger partial charge on any atom is -0.439 e. The summed E-state index contributed by atoms with van der Waals surface area (Å²) in [4.78, 5) is 10.6. The summed E-state index contributed by atoms with van der Waals surface area (Å²) in [6.45, 7) is 3.27. The quantitative estimate of drug-likeness (QED) is 0.712. The molecular formula is C18H22FN5O4S. The lowest BCUT2D eigenvalue weighted by atomic mass is 10.3. The van der Waals surface area contributed by atoms with E-state index < -0.39 is 10.2 Å². The predicted octanol–water partition coefficient (Wildman–Crippen LogP) is 1.11. The van der Waals surface area contributed by atoms with E-state index in [1.165, 1.54) is 32.9 Å². The van der Waals surface area contributed by atoms with Crippen molar-refractivity contribution in [3.8, 4) is 11.6 Å². The number of hydrogen-bond acceptors (Lipinski definition) is 7. The Balaban J connectivity index is 1.39. The first-order valence-electron chi connectivity index (χ1n) is 9.37. The molecule has 0 unspecified atom stereocenters. The Morgan fingerprint density at radius 1 is 0.931 bits per heavy atom. The van der Waals surface area contributed by atoms with Gasteiger partial charge in [0.15, 0.2) is 0 Å². The van der Waals surface area contributed by atoms with Crippen LogP contribution in [0.5, 0.6) is 11.6 Å². The number of ether oxygens (including phenoxy) is 2. The number of benzene rings is 1. The molecule has 29 heavy (non-hydrogen) atoms. The normalized spacial score (nSPS) is 19.3. The van der Waals surface area contributed by atoms with E-state index in [2.05, 4.69) is 9.97 Å². The maximum atomic E-state index is 13.0. The molecule has 11 heteroatoms. The summed E-state index contributed by atoms with van der Waals surface area (Å²) >= 11 is 0. The summed E-state index contributed by atoms with van der Waals surface area (Å²) in [6.07, 6.45) is 1.58. The highest BCUT2D eigenvalue weighted by atomic mass is 32.2. The molecule has 1 aromatic heterocycles. The van der Waals surface area contributed by atoms with Crippen molar-refractivity contribution in [3.63, 3.8) is 0 Å². The van der Waals surface area contributed by atoms with Gasteiger partial charge in [-0.15, -0.1) is 0 Å². The molecule has 3 heterocycles. The fourth-order valence-corrected chi connectivity index (χ4v) is 4.79. The Bertz CT molecular complexity index is 930. The molecule has 2 saturated heterocycles. The zero-order valence-corrected chi connectivity index (χ0v) is 16.6. The third-order valence-electron chi connectivity index (χ3n) is 4.80. The smallest absolute Gasteiger partial charge is 0.282 e. The van der Waals surface area contributed by atoms with Crippen LogP contribution < -0.4 is 9.64 Å². The molecule has 2 fully saturated rings. The molecule has 0 saturated carbocycles. The summed E-state index contributed by atoms with van der Waals surface area (Å²) in [5.74, 6) is 0.932. The molecule has 0 spiro atoms. The zero-order chi connectivity index (χ0) is 20.3. The lowest BCUT2D eigenvalue weighted by Crippen LogP contribution is -2.55. The van der Waals surface area contributed by atoms with Gasteiger partial charge in [-0.25, -0.2) is 9.37 Å². The molecule has 4 rings (SSSR count). The van der Waals surface area contributed by atoms with Crippen molar-refractivity contribution in [1.29, 1.82) is 0 Å². The average molecular weight is 423 g/mol. The summed E-state index contributed by atoms with van der Waals surface area (Å²) in [5.41, 5.74) is 0. The van der Waals surface area contributed by atoms with Crippen molar-refractivity contribution >= 4 is 16.2 Å². The fourth-order valence-electron chi connectivity index (χ4n) is 3.22. The van der Waals surface area contributed by atoms with Crippen molar-refractivity contribution in [2.24, 2.45) is 0 Å². The number of piperazine rings is 1. The highest BCUT2D eigenvalue weighted by Crippen LogP contribution is 2.22. The van der Waals surface area contributed by atoms with Crippen LogP contribution in [0.25, 0.3) is 0 Å². The van der Waals surface area contributed by atoms with Crippen LogP contribution in [0, 0.1) is 5.82 Å². The summed E-state index contributed by atoms with van der Waals surface area (Å²) in [6, 6.07) is 7.28. The molecule has 1 aromatic carbocycles. The van der Waals surface area contributed by atoms with E-state index in [9.17, 15) is 12.8 Å². The molecule has 9 nitrogen and oxygen atoms in total. The van der Waals surface area contributed by atoms with Gasteiger partial charge in [-0.05, 0) is 24.3 Å². The minimum atomic E-state index is -3.48. The van der Waals surface area contributed by atoms with Crippen LogP contribution in [0.1, 0.15) is 0 Å². The van der Waals surface area contributed by atoms with Crippen LogP contribution in [0.4, 0.5) is 10.3 Å². The second kappa shape index (κ2) is 8.57. The molecule has 156 valence electrons. The fraction of sp³-hybridized carbons (Fsp3) is 0.444. The lowest BCUT2D eigenvalue weighted by molar-refractivity contribution is 0.0700. The number of hydrogen-bond donors (Lipinski definition) is 0. The number of aromatic nitrogens is 2. The number of rotatable bonds is 5. The minimum absolute atomic E-state index is 0.338. The number of halogens is 1. The second-order valence-electron chi connectivity index (χ2n) is 6.66. The van der Waals surface area contributed by atoms with E-state index in [0.29, 0.717) is 70.1 Å². The molecule has 0 bridgehead atoms. The number of anilines is 1. The summed E-state index contributed by atoms with van der Waals surface area (Å²) in [5, 5.41) is 0. The maximum Gasteiger partial charge on any atom is 0.282 e. The van der Waals surface area contributed by atoms with Gasteiger partial charge in [0.1, 0.15) is 11.6 Å². The van der Waals surface area contributed by atoms with Crippen LogP contribution in [-0.2, 0) is 14.9 Å². The van der Waals surface area contributed by atoms with Gasteiger partial charge in [0.05, 0.1) is 13.2 Å². The van der Waals surface area contributed by atoms with E-state index >= 15 is 0 Å². The Morgan fingerprint density at radius 2 is 1.59 bits per heavy atom. The van der Waals surface area contributed by atoms with Crippen molar-refractivity contribution in [1.82, 2.24) is 18.6 Å². The van der Waals surface area contributed by atoms with Crippen molar-refractivity contribution < 1.29 is 22.3 Å². The summed E-state index contributed by atoms with van der Waals surface area (Å²) in [7, 11) is -3.48. The monoisotopic (exact) mass is 423 g/mol. The van der Waals surface area contributed by atoms with Crippen molar-refractivity contribution in [2.75, 3.05) is 57.4 Å². The van der Waals surface area contributed by atoms with Crippen LogP contribution in [0.2, 0.25) is 0 Å². The topological polar surface area (TPSA) is 88.1 Å². The van der Waals surface area contributed by atoms with Crippen molar-refractivity contribution in [2.45, 2.75) is 0 Å². The largest absolute Gasteiger partial charge is 0.439 e. The van der Waals surface area contributed by atoms with Gasteiger partial charge in [0.25, 0.3) is 10.2 Å². The van der Waals surface area contributed by atoms with E-state index in [4.69, 9.17) is 9.47 Å². The van der Waals surface area contributed by atoms with E-state index in [-0.39, 0.29) is 5.82 Å². The van der Waals surface area contributed by atoms with Crippen LogP contribution >= 0.6 is 0 Å². The molecule has 2 aliphatic rings. The molecule has 0 aliphatic carbocycles. The first kappa shape index (κ1) is 20.0. The van der Waals surface area contributed by atoms with Gasteiger partial charge < -0.3 is 14.4 Å². The maximum absolute atomic E-state index is 13.0. The highest BCUT2D eigenvalue weighted by Gasteiger charge is 2.33. The molecule has 2 aliphatic heterocycles. The Kier molecular flexibility index (Phi) is 5.90. The first-order chi connectivity index (χ1) is 14.0. The lowest BCUT2D eigenvalue weighted by Gasteiger charge is -2.37. The summed E-state index contributed by atoms with van der Waals surface area (Å²) < 4.78 is 52.4.